The molecule has 138 valence electrons. The van der Waals surface area contributed by atoms with Gasteiger partial charge in [-0.15, -0.1) is 0 Å². The Kier molecular flexibility index (Phi) is 5.28. The molecule has 0 saturated heterocycles. The molecule has 3 rings (SSSR count). The molecule has 0 unspecified atom stereocenters. The predicted octanol–water partition coefficient (Wildman–Crippen LogP) is 4.27. The maximum absolute atomic E-state index is 13.3. The second-order valence-electron chi connectivity index (χ2n) is 6.17. The molecule has 26 heavy (non-hydrogen) atoms. The number of carbonyl (C=O) groups excluding carboxylic acids is 1. The smallest absolute Gasteiger partial charge is 0.258 e. The van der Waals surface area contributed by atoms with E-state index in [4.69, 9.17) is 25.8 Å². The van der Waals surface area contributed by atoms with E-state index < -0.39 is 0 Å². The van der Waals surface area contributed by atoms with Crippen molar-refractivity contribution in [3.8, 4) is 17.2 Å². The molecule has 1 aliphatic heterocycles. The molecule has 2 aromatic rings. The molecule has 0 atom stereocenters. The molecule has 0 radical (unpaired) electrons. The van der Waals surface area contributed by atoms with E-state index in [2.05, 4.69) is 6.92 Å². The molecule has 0 aliphatic carbocycles. The van der Waals surface area contributed by atoms with Crippen LogP contribution in [-0.4, -0.2) is 33.8 Å². The average Bonchev–Trinajstić information content (AvgIpc) is 2.66. The Morgan fingerprint density at radius 1 is 1.08 bits per heavy atom. The highest BCUT2D eigenvalue weighted by molar-refractivity contribution is 6.32. The minimum atomic E-state index is -0.141. The highest BCUT2D eigenvalue weighted by Gasteiger charge is 2.29. The van der Waals surface area contributed by atoms with Crippen LogP contribution >= 0.6 is 11.6 Å². The number of amides is 1. The van der Waals surface area contributed by atoms with Crippen LogP contribution in [0, 0.1) is 6.92 Å². The largest absolute Gasteiger partial charge is 0.495 e. The van der Waals surface area contributed by atoms with Gasteiger partial charge in [0.05, 0.1) is 32.0 Å². The Balaban J connectivity index is 2.09. The summed E-state index contributed by atoms with van der Waals surface area (Å²) in [5.74, 6) is 1.40. The van der Waals surface area contributed by atoms with E-state index in [0.717, 1.165) is 29.7 Å². The Morgan fingerprint density at radius 3 is 2.46 bits per heavy atom. The molecule has 5 nitrogen and oxygen atoms in total. The van der Waals surface area contributed by atoms with Crippen molar-refractivity contribution in [2.75, 3.05) is 32.8 Å². The highest BCUT2D eigenvalue weighted by atomic mass is 35.5. The first-order chi connectivity index (χ1) is 12.5. The van der Waals surface area contributed by atoms with Crippen LogP contribution < -0.4 is 19.1 Å². The maximum atomic E-state index is 13.3. The van der Waals surface area contributed by atoms with Gasteiger partial charge in [0.2, 0.25) is 0 Å². The molecular weight excluding hydrogens is 354 g/mol. The van der Waals surface area contributed by atoms with Gasteiger partial charge in [-0.2, -0.15) is 0 Å². The van der Waals surface area contributed by atoms with Gasteiger partial charge in [-0.1, -0.05) is 17.7 Å². The maximum Gasteiger partial charge on any atom is 0.258 e. The van der Waals surface area contributed by atoms with E-state index in [0.29, 0.717) is 34.4 Å². The summed E-state index contributed by atoms with van der Waals surface area (Å²) in [5, 5.41) is 0.337. The van der Waals surface area contributed by atoms with Crippen LogP contribution in [0.3, 0.4) is 0 Å². The number of hydrogen-bond donors (Lipinski definition) is 0. The standard InChI is InChI=1S/C20H22ClNO4/c1-12-7-8-16(24-2)18-14(12)6-5-9-22(18)20(23)13-10-15(21)19(26-4)17(11-13)25-3/h7-8,10-11H,5-6,9H2,1-4H3. The summed E-state index contributed by atoms with van der Waals surface area (Å²) in [6.45, 7) is 2.68. The second-order valence-corrected chi connectivity index (χ2v) is 6.57. The lowest BCUT2D eigenvalue weighted by atomic mass is 9.95. The molecule has 0 aromatic heterocycles. The van der Waals surface area contributed by atoms with Crippen molar-refractivity contribution in [1.29, 1.82) is 0 Å². The number of halogens is 1. The van der Waals surface area contributed by atoms with Gasteiger partial charge < -0.3 is 19.1 Å². The fraction of sp³-hybridized carbons (Fsp3) is 0.350. The summed E-state index contributed by atoms with van der Waals surface area (Å²) >= 11 is 6.28. The van der Waals surface area contributed by atoms with Gasteiger partial charge in [0.1, 0.15) is 5.75 Å². The van der Waals surface area contributed by atoms with E-state index in [1.54, 1.807) is 24.1 Å². The minimum Gasteiger partial charge on any atom is -0.495 e. The number of rotatable bonds is 4. The summed E-state index contributed by atoms with van der Waals surface area (Å²) in [5.41, 5.74) is 3.60. The molecular formula is C20H22ClNO4. The SMILES string of the molecule is COc1cc(C(=O)N2CCCc3c(C)ccc(OC)c32)cc(Cl)c1OC. The number of hydrogen-bond acceptors (Lipinski definition) is 4. The summed E-state index contributed by atoms with van der Waals surface area (Å²) < 4.78 is 16.1. The van der Waals surface area contributed by atoms with Gasteiger partial charge in [0.25, 0.3) is 5.91 Å². The first-order valence-corrected chi connectivity index (χ1v) is 8.79. The summed E-state index contributed by atoms with van der Waals surface area (Å²) in [7, 11) is 4.65. The van der Waals surface area contributed by atoms with Crippen molar-refractivity contribution in [2.24, 2.45) is 0 Å². The zero-order valence-corrected chi connectivity index (χ0v) is 16.1. The number of fused-ring (bicyclic) bond motifs is 1. The highest BCUT2D eigenvalue weighted by Crippen LogP contribution is 2.41. The van der Waals surface area contributed by atoms with Crippen LogP contribution in [0.5, 0.6) is 17.2 Å². The number of anilines is 1. The Labute approximate surface area is 158 Å². The first-order valence-electron chi connectivity index (χ1n) is 8.41. The number of benzene rings is 2. The van der Waals surface area contributed by atoms with E-state index in [1.807, 2.05) is 12.1 Å². The lowest BCUT2D eigenvalue weighted by Crippen LogP contribution is -2.36. The molecule has 0 N–H and O–H groups in total. The Morgan fingerprint density at radius 2 is 1.81 bits per heavy atom. The lowest BCUT2D eigenvalue weighted by molar-refractivity contribution is 0.0984. The summed E-state index contributed by atoms with van der Waals surface area (Å²) in [6.07, 6.45) is 1.82. The minimum absolute atomic E-state index is 0.141. The van der Waals surface area contributed by atoms with Crippen LogP contribution in [0.25, 0.3) is 0 Å². The summed E-state index contributed by atoms with van der Waals surface area (Å²) in [6, 6.07) is 7.20. The van der Waals surface area contributed by atoms with Gasteiger partial charge in [-0.05, 0) is 49.1 Å². The quantitative estimate of drug-likeness (QED) is 0.800. The molecule has 0 spiro atoms. The fourth-order valence-electron chi connectivity index (χ4n) is 3.42. The van der Waals surface area contributed by atoms with E-state index in [9.17, 15) is 4.79 Å². The molecule has 1 heterocycles. The van der Waals surface area contributed by atoms with Crippen molar-refractivity contribution in [1.82, 2.24) is 0 Å². The molecule has 6 heteroatoms. The molecule has 0 saturated carbocycles. The average molecular weight is 376 g/mol. The van der Waals surface area contributed by atoms with Gasteiger partial charge >= 0.3 is 0 Å². The number of nitrogens with zero attached hydrogens (tertiary/aromatic N) is 1. The van der Waals surface area contributed by atoms with Crippen LogP contribution in [0.1, 0.15) is 27.9 Å². The van der Waals surface area contributed by atoms with Gasteiger partial charge in [-0.25, -0.2) is 0 Å². The third-order valence-electron chi connectivity index (χ3n) is 4.70. The normalized spacial score (nSPS) is 13.2. The Bertz CT molecular complexity index is 850. The number of ether oxygens (including phenoxy) is 3. The molecule has 2 aromatic carbocycles. The Hall–Kier alpha value is -2.40. The number of methoxy groups -OCH3 is 3. The predicted molar refractivity (Wildman–Crippen MR) is 102 cm³/mol. The van der Waals surface area contributed by atoms with Crippen LogP contribution in [0.4, 0.5) is 5.69 Å². The van der Waals surface area contributed by atoms with Gasteiger partial charge in [0, 0.05) is 12.1 Å². The third-order valence-corrected chi connectivity index (χ3v) is 4.98. The monoisotopic (exact) mass is 375 g/mol. The summed E-state index contributed by atoms with van der Waals surface area (Å²) in [4.78, 5) is 15.0. The van der Waals surface area contributed by atoms with E-state index in [-0.39, 0.29) is 5.91 Å². The van der Waals surface area contributed by atoms with Crippen LogP contribution in [0.15, 0.2) is 24.3 Å². The number of aryl methyl sites for hydroxylation is 1. The van der Waals surface area contributed by atoms with Crippen molar-refractivity contribution < 1.29 is 19.0 Å². The lowest BCUT2D eigenvalue weighted by Gasteiger charge is -2.32. The van der Waals surface area contributed by atoms with Gasteiger partial charge in [-0.3, -0.25) is 4.79 Å². The zero-order chi connectivity index (χ0) is 18.8. The third kappa shape index (κ3) is 3.07. The topological polar surface area (TPSA) is 48.0 Å². The van der Waals surface area contributed by atoms with Gasteiger partial charge in [0.15, 0.2) is 11.5 Å². The first kappa shape index (κ1) is 18.4. The molecule has 0 bridgehead atoms. The molecule has 1 aliphatic rings. The number of carbonyl (C=O) groups is 1. The van der Waals surface area contributed by atoms with Crippen LogP contribution in [0.2, 0.25) is 5.02 Å². The van der Waals surface area contributed by atoms with E-state index >= 15 is 0 Å². The van der Waals surface area contributed by atoms with Crippen molar-refractivity contribution >= 4 is 23.2 Å². The molecule has 1 amide bonds. The fourth-order valence-corrected chi connectivity index (χ4v) is 3.71. The van der Waals surface area contributed by atoms with Crippen molar-refractivity contribution in [3.05, 3.63) is 46.0 Å². The second kappa shape index (κ2) is 7.46. The van der Waals surface area contributed by atoms with Crippen LogP contribution in [-0.2, 0) is 6.42 Å². The molecule has 0 fully saturated rings. The zero-order valence-electron chi connectivity index (χ0n) is 15.4. The van der Waals surface area contributed by atoms with Crippen molar-refractivity contribution in [2.45, 2.75) is 19.8 Å². The van der Waals surface area contributed by atoms with Crippen molar-refractivity contribution in [3.63, 3.8) is 0 Å². The van der Waals surface area contributed by atoms with E-state index in [1.165, 1.54) is 14.2 Å².